The van der Waals surface area contributed by atoms with Gasteiger partial charge in [-0.15, -0.1) is 11.3 Å². The van der Waals surface area contributed by atoms with Crippen LogP contribution in [0.5, 0.6) is 0 Å². The number of allylic oxidation sites excluding steroid dienone is 1. The predicted octanol–water partition coefficient (Wildman–Crippen LogP) is 2.95. The largest absolute Gasteiger partial charge is 0.468 e. The second-order valence-electron chi connectivity index (χ2n) is 7.35. The third kappa shape index (κ3) is 3.77. The van der Waals surface area contributed by atoms with Crippen LogP contribution >= 0.6 is 11.3 Å². The lowest BCUT2D eigenvalue weighted by Crippen LogP contribution is -2.60. The normalized spacial score (nSPS) is 22.7. The maximum absolute atomic E-state index is 13.5. The van der Waals surface area contributed by atoms with E-state index in [1.807, 2.05) is 37.3 Å². The summed E-state index contributed by atoms with van der Waals surface area (Å²) >= 11 is 1.18. The summed E-state index contributed by atoms with van der Waals surface area (Å²) in [4.78, 5) is 43.3. The number of nitrogens with zero attached hydrogens (tertiary/aromatic N) is 1. The molecule has 1 aromatic heterocycles. The van der Waals surface area contributed by atoms with E-state index in [1.165, 1.54) is 25.6 Å². The summed E-state index contributed by atoms with van der Waals surface area (Å²) in [5.41, 5.74) is 0.246. The van der Waals surface area contributed by atoms with Gasteiger partial charge in [-0.25, -0.2) is 14.6 Å². The molecule has 170 valence electrons. The molecule has 0 radical (unpaired) electrons. The summed E-state index contributed by atoms with van der Waals surface area (Å²) in [5, 5.41) is 5.24. The first-order chi connectivity index (χ1) is 15.3. The number of carbonyl (C=O) groups excluding carboxylic acids is 3. The zero-order valence-corrected chi connectivity index (χ0v) is 19.4. The van der Waals surface area contributed by atoms with Crippen molar-refractivity contribution >= 4 is 29.2 Å². The van der Waals surface area contributed by atoms with Gasteiger partial charge in [0.05, 0.1) is 32.3 Å². The molecule has 8 nitrogen and oxygen atoms in total. The molecule has 0 spiro atoms. The minimum Gasteiger partial charge on any atom is -0.468 e. The zero-order valence-electron chi connectivity index (χ0n) is 18.6. The molecular weight excluding hydrogens is 432 g/mol. The van der Waals surface area contributed by atoms with Crippen molar-refractivity contribution < 1.29 is 28.6 Å². The lowest BCUT2D eigenvalue weighted by Gasteiger charge is -2.47. The van der Waals surface area contributed by atoms with E-state index < -0.39 is 35.3 Å². The molecule has 0 fully saturated rings. The van der Waals surface area contributed by atoms with Gasteiger partial charge in [0.2, 0.25) is 0 Å². The molecule has 0 saturated carbocycles. The van der Waals surface area contributed by atoms with E-state index in [0.29, 0.717) is 16.3 Å². The lowest BCUT2D eigenvalue weighted by molar-refractivity contribution is -0.150. The van der Waals surface area contributed by atoms with Crippen molar-refractivity contribution in [3.05, 3.63) is 63.2 Å². The lowest BCUT2D eigenvalue weighted by atomic mass is 9.61. The van der Waals surface area contributed by atoms with Crippen LogP contribution in [0.2, 0.25) is 0 Å². The highest BCUT2D eigenvalue weighted by Gasteiger charge is 2.59. The molecule has 2 heterocycles. The quantitative estimate of drug-likeness (QED) is 0.521. The van der Waals surface area contributed by atoms with E-state index in [-0.39, 0.29) is 17.9 Å². The van der Waals surface area contributed by atoms with E-state index in [2.05, 4.69) is 10.3 Å². The van der Waals surface area contributed by atoms with Crippen LogP contribution in [0.3, 0.4) is 0 Å². The van der Waals surface area contributed by atoms with Crippen LogP contribution in [-0.2, 0) is 29.2 Å². The molecule has 3 rings (SSSR count). The molecule has 3 atom stereocenters. The van der Waals surface area contributed by atoms with Crippen LogP contribution in [0, 0.1) is 0 Å². The Morgan fingerprint density at radius 3 is 2.41 bits per heavy atom. The Hall–Kier alpha value is -3.20. The van der Waals surface area contributed by atoms with Crippen molar-refractivity contribution in [2.45, 2.75) is 38.1 Å². The molecule has 1 aromatic carbocycles. The molecule has 1 N–H and O–H groups in total. The highest BCUT2D eigenvalue weighted by Crippen LogP contribution is 2.51. The van der Waals surface area contributed by atoms with Gasteiger partial charge in [0.25, 0.3) is 0 Å². The Bertz CT molecular complexity index is 1050. The summed E-state index contributed by atoms with van der Waals surface area (Å²) in [7, 11) is 2.59. The third-order valence-corrected chi connectivity index (χ3v) is 6.61. The zero-order chi connectivity index (χ0) is 23.5. The van der Waals surface area contributed by atoms with Gasteiger partial charge < -0.3 is 19.5 Å². The first kappa shape index (κ1) is 23.5. The second-order valence-corrected chi connectivity index (χ2v) is 8.24. The summed E-state index contributed by atoms with van der Waals surface area (Å²) in [6, 6.07) is 8.65. The summed E-state index contributed by atoms with van der Waals surface area (Å²) in [6.07, 6.45) is 0. The number of methoxy groups -OCH3 is 2. The van der Waals surface area contributed by atoms with Crippen molar-refractivity contribution in [2.75, 3.05) is 20.8 Å². The first-order valence-corrected chi connectivity index (χ1v) is 11.0. The van der Waals surface area contributed by atoms with Crippen molar-refractivity contribution in [3.8, 4) is 0 Å². The van der Waals surface area contributed by atoms with Gasteiger partial charge in [0.1, 0.15) is 10.4 Å². The predicted molar refractivity (Wildman–Crippen MR) is 118 cm³/mol. The molecule has 9 heteroatoms. The van der Waals surface area contributed by atoms with E-state index in [1.54, 1.807) is 19.2 Å². The van der Waals surface area contributed by atoms with Crippen molar-refractivity contribution in [1.82, 2.24) is 10.3 Å². The minimum atomic E-state index is -1.34. The molecule has 0 bridgehead atoms. The molecule has 1 aliphatic rings. The van der Waals surface area contributed by atoms with Gasteiger partial charge in [0, 0.05) is 17.1 Å². The van der Waals surface area contributed by atoms with E-state index in [4.69, 9.17) is 14.2 Å². The number of hydrogen-bond acceptors (Lipinski definition) is 9. The number of ether oxygens (including phenoxy) is 3. The monoisotopic (exact) mass is 458 g/mol. The van der Waals surface area contributed by atoms with E-state index in [0.717, 1.165) is 0 Å². The van der Waals surface area contributed by atoms with Crippen LogP contribution in [-0.4, -0.2) is 49.8 Å². The molecule has 1 aliphatic heterocycles. The number of hydrogen-bond donors (Lipinski definition) is 1. The number of carbonyl (C=O) groups is 3. The Balaban J connectivity index is 2.34. The van der Waals surface area contributed by atoms with Gasteiger partial charge in [-0.3, -0.25) is 4.79 Å². The van der Waals surface area contributed by atoms with E-state index in [9.17, 15) is 14.4 Å². The van der Waals surface area contributed by atoms with Crippen LogP contribution in [0.25, 0.3) is 0 Å². The maximum atomic E-state index is 13.5. The average molecular weight is 459 g/mol. The van der Waals surface area contributed by atoms with Gasteiger partial charge in [-0.05, 0) is 26.3 Å². The fraction of sp³-hybridized carbons (Fsp3) is 0.391. The Morgan fingerprint density at radius 1 is 1.12 bits per heavy atom. The Kier molecular flexibility index (Phi) is 6.98. The summed E-state index contributed by atoms with van der Waals surface area (Å²) in [5.74, 6) is -2.55. The SMILES string of the molecule is CCOC(=O)c1csc(C2C(C(=O)OC)=C(C)NC(C)C2(C(=O)OC)c2ccccc2)n1. The maximum Gasteiger partial charge on any atom is 0.357 e. The van der Waals surface area contributed by atoms with Gasteiger partial charge in [-0.1, -0.05) is 30.3 Å². The number of aromatic nitrogens is 1. The molecule has 0 amide bonds. The fourth-order valence-electron chi connectivity index (χ4n) is 4.34. The smallest absolute Gasteiger partial charge is 0.357 e. The van der Waals surface area contributed by atoms with Gasteiger partial charge >= 0.3 is 17.9 Å². The van der Waals surface area contributed by atoms with Crippen molar-refractivity contribution in [3.63, 3.8) is 0 Å². The Morgan fingerprint density at radius 2 is 1.81 bits per heavy atom. The van der Waals surface area contributed by atoms with Crippen LogP contribution in [0.4, 0.5) is 0 Å². The summed E-state index contributed by atoms with van der Waals surface area (Å²) in [6.45, 7) is 5.52. The van der Waals surface area contributed by atoms with Crippen molar-refractivity contribution in [1.29, 1.82) is 0 Å². The van der Waals surface area contributed by atoms with Gasteiger partial charge in [0.15, 0.2) is 5.69 Å². The fourth-order valence-corrected chi connectivity index (χ4v) is 5.31. The van der Waals surface area contributed by atoms with Gasteiger partial charge in [-0.2, -0.15) is 0 Å². The highest BCUT2D eigenvalue weighted by molar-refractivity contribution is 7.10. The van der Waals surface area contributed by atoms with Crippen LogP contribution in [0.1, 0.15) is 47.7 Å². The van der Waals surface area contributed by atoms with E-state index >= 15 is 0 Å². The molecule has 0 aliphatic carbocycles. The minimum absolute atomic E-state index is 0.117. The second kappa shape index (κ2) is 9.52. The highest BCUT2D eigenvalue weighted by atomic mass is 32.1. The number of rotatable bonds is 6. The van der Waals surface area contributed by atoms with Crippen LogP contribution in [0.15, 0.2) is 47.0 Å². The topological polar surface area (TPSA) is 104 Å². The van der Waals surface area contributed by atoms with Crippen molar-refractivity contribution in [2.24, 2.45) is 0 Å². The summed E-state index contributed by atoms with van der Waals surface area (Å²) < 4.78 is 15.4. The molecule has 3 unspecified atom stereocenters. The Labute approximate surface area is 190 Å². The number of thiazole rings is 1. The molecule has 32 heavy (non-hydrogen) atoms. The standard InChI is InChI=1S/C23H26N2O6S/c1-6-31-20(26)16-12-32-19(25-16)18-17(21(27)29-4)13(2)24-14(3)23(18,22(28)30-5)15-10-8-7-9-11-15/h7-12,14,18,24H,6H2,1-5H3. The number of esters is 3. The first-order valence-electron chi connectivity index (χ1n) is 10.1. The van der Waals surface area contributed by atoms with Crippen LogP contribution < -0.4 is 5.32 Å². The number of nitrogens with one attached hydrogen (secondary N) is 1. The molecular formula is C23H26N2O6S. The third-order valence-electron chi connectivity index (χ3n) is 5.70. The molecule has 0 saturated heterocycles. The number of benzene rings is 1. The average Bonchev–Trinajstić information content (AvgIpc) is 3.28. The molecule has 2 aromatic rings.